The minimum atomic E-state index is -2.99. The number of amides is 1. The van der Waals surface area contributed by atoms with E-state index in [1.165, 1.54) is 26.4 Å². The molecule has 1 aromatic heterocycles. The van der Waals surface area contributed by atoms with Gasteiger partial charge in [0.1, 0.15) is 12.4 Å². The smallest absolute Gasteiger partial charge is 0.387 e. The van der Waals surface area contributed by atoms with Gasteiger partial charge in [-0.25, -0.2) is 0 Å². The number of aryl methyl sites for hydroxylation is 2. The molecule has 0 saturated carbocycles. The first kappa shape index (κ1) is 23.8. The summed E-state index contributed by atoms with van der Waals surface area (Å²) < 4.78 is 51.0. The number of nitrogens with one attached hydrogen (secondary N) is 1. The second kappa shape index (κ2) is 10.7. The molecule has 0 aliphatic heterocycles. The third kappa shape index (κ3) is 5.91. The second-order valence-corrected chi connectivity index (χ2v) is 7.00. The maximum absolute atomic E-state index is 12.6. The number of ether oxygens (including phenoxy) is 4. The predicted octanol–water partition coefficient (Wildman–Crippen LogP) is 4.42. The Kier molecular flexibility index (Phi) is 7.70. The van der Waals surface area contributed by atoms with Crippen LogP contribution in [0.4, 0.5) is 8.78 Å². The first-order valence-corrected chi connectivity index (χ1v) is 9.94. The molecule has 1 N–H and O–H groups in total. The van der Waals surface area contributed by atoms with E-state index in [1.807, 2.05) is 6.92 Å². The SMILES string of the molecule is COc1cc(C(=O)NCc2ccc(OC)c(OC(F)F)c2)ccc1OCc1c(C)noc1C. The average Bonchev–Trinajstić information content (AvgIpc) is 3.12. The highest BCUT2D eigenvalue weighted by molar-refractivity contribution is 5.94. The predicted molar refractivity (Wildman–Crippen MR) is 114 cm³/mol. The number of benzene rings is 2. The molecule has 0 spiro atoms. The van der Waals surface area contributed by atoms with Crippen molar-refractivity contribution in [2.75, 3.05) is 14.2 Å². The van der Waals surface area contributed by atoms with Crippen molar-refractivity contribution in [2.45, 2.75) is 33.6 Å². The lowest BCUT2D eigenvalue weighted by molar-refractivity contribution is -0.0512. The lowest BCUT2D eigenvalue weighted by atomic mass is 10.1. The summed E-state index contributed by atoms with van der Waals surface area (Å²) in [6, 6.07) is 9.31. The van der Waals surface area contributed by atoms with Gasteiger partial charge in [-0.3, -0.25) is 4.79 Å². The largest absolute Gasteiger partial charge is 0.493 e. The molecular formula is C23H24F2N2O6. The Hall–Kier alpha value is -3.82. The minimum Gasteiger partial charge on any atom is -0.493 e. The molecule has 3 aromatic rings. The molecule has 0 saturated heterocycles. The third-order valence-electron chi connectivity index (χ3n) is 4.88. The van der Waals surface area contributed by atoms with Gasteiger partial charge in [0.25, 0.3) is 5.91 Å². The van der Waals surface area contributed by atoms with Crippen LogP contribution >= 0.6 is 0 Å². The maximum Gasteiger partial charge on any atom is 0.387 e. The summed E-state index contributed by atoms with van der Waals surface area (Å²) in [7, 11) is 2.83. The van der Waals surface area contributed by atoms with Gasteiger partial charge in [-0.05, 0) is 49.7 Å². The molecule has 0 atom stereocenters. The van der Waals surface area contributed by atoms with Crippen molar-refractivity contribution in [3.05, 3.63) is 64.5 Å². The number of carbonyl (C=O) groups is 1. The topological polar surface area (TPSA) is 92.1 Å². The van der Waals surface area contributed by atoms with Crippen LogP contribution < -0.4 is 24.3 Å². The molecule has 1 heterocycles. The summed E-state index contributed by atoms with van der Waals surface area (Å²) in [5.74, 6) is 1.19. The molecule has 1 amide bonds. The average molecular weight is 462 g/mol. The molecule has 8 nitrogen and oxygen atoms in total. The van der Waals surface area contributed by atoms with Crippen LogP contribution in [-0.2, 0) is 13.2 Å². The van der Waals surface area contributed by atoms with Gasteiger partial charge >= 0.3 is 6.61 Å². The number of carbonyl (C=O) groups excluding carboxylic acids is 1. The van der Waals surface area contributed by atoms with Crippen LogP contribution in [0.5, 0.6) is 23.0 Å². The van der Waals surface area contributed by atoms with Crippen LogP contribution in [0.1, 0.15) is 32.9 Å². The van der Waals surface area contributed by atoms with Gasteiger partial charge < -0.3 is 28.8 Å². The molecule has 3 rings (SSSR count). The van der Waals surface area contributed by atoms with Gasteiger partial charge in [0.15, 0.2) is 23.0 Å². The minimum absolute atomic E-state index is 0.0923. The molecule has 10 heteroatoms. The van der Waals surface area contributed by atoms with Gasteiger partial charge in [-0.1, -0.05) is 11.2 Å². The fourth-order valence-electron chi connectivity index (χ4n) is 3.09. The Balaban J connectivity index is 1.66. The zero-order valence-electron chi connectivity index (χ0n) is 18.6. The molecule has 0 aliphatic rings. The first-order valence-electron chi connectivity index (χ1n) is 9.94. The fourth-order valence-corrected chi connectivity index (χ4v) is 3.09. The molecule has 33 heavy (non-hydrogen) atoms. The van der Waals surface area contributed by atoms with Gasteiger partial charge in [-0.2, -0.15) is 8.78 Å². The highest BCUT2D eigenvalue weighted by atomic mass is 19.3. The zero-order chi connectivity index (χ0) is 24.0. The van der Waals surface area contributed by atoms with E-state index >= 15 is 0 Å². The van der Waals surface area contributed by atoms with Crippen molar-refractivity contribution in [2.24, 2.45) is 0 Å². The second-order valence-electron chi connectivity index (χ2n) is 7.00. The Bertz CT molecular complexity index is 1100. The van der Waals surface area contributed by atoms with Gasteiger partial charge in [0, 0.05) is 12.1 Å². The lowest BCUT2D eigenvalue weighted by Gasteiger charge is -2.13. The summed E-state index contributed by atoms with van der Waals surface area (Å²) in [6.45, 7) is 0.966. The lowest BCUT2D eigenvalue weighted by Crippen LogP contribution is -2.23. The van der Waals surface area contributed by atoms with Crippen LogP contribution in [0.2, 0.25) is 0 Å². The van der Waals surface area contributed by atoms with Crippen molar-refractivity contribution >= 4 is 5.91 Å². The van der Waals surface area contributed by atoms with Crippen LogP contribution in [0.3, 0.4) is 0 Å². The van der Waals surface area contributed by atoms with Crippen molar-refractivity contribution in [3.63, 3.8) is 0 Å². The molecule has 0 unspecified atom stereocenters. The van der Waals surface area contributed by atoms with Gasteiger partial charge in [0.2, 0.25) is 0 Å². The summed E-state index contributed by atoms with van der Waals surface area (Å²) in [6.07, 6.45) is 0. The number of nitrogens with zero attached hydrogens (tertiary/aromatic N) is 1. The Morgan fingerprint density at radius 3 is 2.39 bits per heavy atom. The standard InChI is InChI=1S/C23H24F2N2O6/c1-13-17(14(2)33-27-13)12-31-19-8-6-16(10-20(19)30-4)22(28)26-11-15-5-7-18(29-3)21(9-15)32-23(24)25/h5-10,23H,11-12H2,1-4H3,(H,26,28). The number of methoxy groups -OCH3 is 2. The number of aromatic nitrogens is 1. The molecule has 0 aliphatic carbocycles. The fraction of sp³-hybridized carbons (Fsp3) is 0.304. The number of halogens is 2. The summed E-state index contributed by atoms with van der Waals surface area (Å²) in [5, 5.41) is 6.63. The van der Waals surface area contributed by atoms with E-state index in [4.69, 9.17) is 18.7 Å². The number of hydrogen-bond donors (Lipinski definition) is 1. The van der Waals surface area contributed by atoms with Gasteiger partial charge in [0.05, 0.1) is 25.5 Å². The van der Waals surface area contributed by atoms with Crippen molar-refractivity contribution in [3.8, 4) is 23.0 Å². The van der Waals surface area contributed by atoms with Crippen molar-refractivity contribution in [1.82, 2.24) is 10.5 Å². The summed E-state index contributed by atoms with van der Waals surface area (Å²) >= 11 is 0. The quantitative estimate of drug-likeness (QED) is 0.477. The maximum atomic E-state index is 12.6. The molecule has 0 fully saturated rings. The molecule has 0 bridgehead atoms. The highest BCUT2D eigenvalue weighted by Crippen LogP contribution is 2.31. The van der Waals surface area contributed by atoms with Gasteiger partial charge in [-0.15, -0.1) is 0 Å². The molecule has 0 radical (unpaired) electrons. The highest BCUT2D eigenvalue weighted by Gasteiger charge is 2.15. The number of hydrogen-bond acceptors (Lipinski definition) is 7. The van der Waals surface area contributed by atoms with Crippen LogP contribution in [0.15, 0.2) is 40.9 Å². The zero-order valence-corrected chi connectivity index (χ0v) is 18.6. The van der Waals surface area contributed by atoms with Crippen LogP contribution in [0.25, 0.3) is 0 Å². The van der Waals surface area contributed by atoms with Crippen LogP contribution in [0, 0.1) is 13.8 Å². The van der Waals surface area contributed by atoms with Crippen LogP contribution in [-0.4, -0.2) is 31.9 Å². The Labute approximate surface area is 189 Å². The van der Waals surface area contributed by atoms with E-state index in [2.05, 4.69) is 15.2 Å². The summed E-state index contributed by atoms with van der Waals surface area (Å²) in [4.78, 5) is 12.6. The van der Waals surface area contributed by atoms with E-state index in [-0.39, 0.29) is 30.6 Å². The summed E-state index contributed by atoms with van der Waals surface area (Å²) in [5.41, 5.74) is 2.48. The van der Waals surface area contributed by atoms with Crippen molar-refractivity contribution in [1.29, 1.82) is 0 Å². The van der Waals surface area contributed by atoms with E-state index in [9.17, 15) is 13.6 Å². The third-order valence-corrected chi connectivity index (χ3v) is 4.88. The van der Waals surface area contributed by atoms with E-state index in [0.717, 1.165) is 11.3 Å². The van der Waals surface area contributed by atoms with E-state index in [1.54, 1.807) is 31.2 Å². The van der Waals surface area contributed by atoms with E-state index < -0.39 is 6.61 Å². The monoisotopic (exact) mass is 462 g/mol. The Morgan fingerprint density at radius 1 is 1.03 bits per heavy atom. The normalized spacial score (nSPS) is 10.8. The van der Waals surface area contributed by atoms with E-state index in [0.29, 0.717) is 28.4 Å². The molecule has 2 aromatic carbocycles. The molecular weight excluding hydrogens is 438 g/mol. The first-order chi connectivity index (χ1) is 15.8. The number of alkyl halides is 2. The molecule has 176 valence electrons. The van der Waals surface area contributed by atoms with Crippen molar-refractivity contribution < 1.29 is 37.0 Å². The Morgan fingerprint density at radius 2 is 1.76 bits per heavy atom. The number of rotatable bonds is 10.